The van der Waals surface area contributed by atoms with Gasteiger partial charge >= 0.3 is 0 Å². The summed E-state index contributed by atoms with van der Waals surface area (Å²) in [5.74, 6) is 1.39. The normalized spacial score (nSPS) is 20.5. The van der Waals surface area contributed by atoms with Gasteiger partial charge in [-0.05, 0) is 56.0 Å². The molecule has 164 valence electrons. The molecule has 0 amide bonds. The van der Waals surface area contributed by atoms with Gasteiger partial charge in [-0.3, -0.25) is 0 Å². The van der Waals surface area contributed by atoms with Gasteiger partial charge in [-0.25, -0.2) is 4.90 Å². The van der Waals surface area contributed by atoms with Crippen molar-refractivity contribution in [1.82, 2.24) is 15.0 Å². The Bertz CT molecular complexity index is 1180. The van der Waals surface area contributed by atoms with Crippen LogP contribution in [0.4, 0.5) is 0 Å². The molecule has 0 spiro atoms. The predicted molar refractivity (Wildman–Crippen MR) is 115 cm³/mol. The van der Waals surface area contributed by atoms with Gasteiger partial charge in [0.25, 0.3) is 5.89 Å². The van der Waals surface area contributed by atoms with Crippen LogP contribution >= 0.6 is 0 Å². The Morgan fingerprint density at radius 3 is 2.91 bits per heavy atom. The summed E-state index contributed by atoms with van der Waals surface area (Å²) in [5, 5.41) is 23.8. The lowest BCUT2D eigenvalue weighted by molar-refractivity contribution is -0.146. The molecule has 2 atom stereocenters. The number of fused-ring (bicyclic) bond motifs is 1. The van der Waals surface area contributed by atoms with E-state index in [1.165, 1.54) is 11.1 Å². The number of nitrogens with zero attached hydrogens (tertiary/aromatic N) is 4. The van der Waals surface area contributed by atoms with Gasteiger partial charge in [-0.1, -0.05) is 23.4 Å². The summed E-state index contributed by atoms with van der Waals surface area (Å²) in [6.07, 6.45) is 0.882. The highest BCUT2D eigenvalue weighted by molar-refractivity contribution is 5.67. The van der Waals surface area contributed by atoms with E-state index in [0.717, 1.165) is 18.4 Å². The third-order valence-electron chi connectivity index (χ3n) is 5.92. The van der Waals surface area contributed by atoms with Crippen molar-refractivity contribution in [2.24, 2.45) is 0 Å². The minimum absolute atomic E-state index is 0.0276. The molecule has 2 heterocycles. The van der Waals surface area contributed by atoms with E-state index >= 15 is 0 Å². The molecule has 1 aromatic heterocycles. The lowest BCUT2D eigenvalue weighted by atomic mass is 10.0. The second-order valence-corrected chi connectivity index (χ2v) is 8.28. The molecule has 2 aromatic carbocycles. The average molecular weight is 432 g/mol. The highest BCUT2D eigenvalue weighted by atomic mass is 16.6. The molecule has 0 radical (unpaired) electrons. The Balaban J connectivity index is 1.45. The van der Waals surface area contributed by atoms with Crippen molar-refractivity contribution in [3.05, 3.63) is 53.1 Å². The van der Waals surface area contributed by atoms with Crippen molar-refractivity contribution < 1.29 is 19.1 Å². The Morgan fingerprint density at radius 2 is 2.16 bits per heavy atom. The van der Waals surface area contributed by atoms with Crippen LogP contribution in [0.5, 0.6) is 5.75 Å². The zero-order valence-corrected chi connectivity index (χ0v) is 18.0. The van der Waals surface area contributed by atoms with E-state index in [0.29, 0.717) is 41.7 Å². The van der Waals surface area contributed by atoms with Crippen LogP contribution in [0.3, 0.4) is 0 Å². The molecule has 1 aliphatic carbocycles. The number of aliphatic hydroxyl groups is 1. The molecule has 1 aliphatic heterocycles. The SMILES string of the molecule is CC(C)Oc1ccc(-c2nc(-c3cccc4c3CC[C@H]4N3CCOC3O)no2)cc1C#N. The summed E-state index contributed by atoms with van der Waals surface area (Å²) in [6.45, 7) is 5.07. The number of hydrogen-bond donors (Lipinski definition) is 1. The molecule has 2 aliphatic rings. The van der Waals surface area contributed by atoms with Gasteiger partial charge in [0, 0.05) is 23.7 Å². The monoisotopic (exact) mass is 432 g/mol. The quantitative estimate of drug-likeness (QED) is 0.651. The molecule has 1 fully saturated rings. The fourth-order valence-corrected chi connectivity index (χ4v) is 4.52. The Hall–Kier alpha value is -3.25. The number of nitriles is 1. The molecule has 1 saturated heterocycles. The Kier molecular flexibility index (Phi) is 5.39. The third kappa shape index (κ3) is 3.65. The molecule has 1 unspecified atom stereocenters. The summed E-state index contributed by atoms with van der Waals surface area (Å²) in [5.41, 5.74) is 4.35. The maximum absolute atomic E-state index is 10.1. The fraction of sp³-hybridized carbons (Fsp3) is 0.375. The molecule has 1 N–H and O–H groups in total. The minimum atomic E-state index is -0.858. The van der Waals surface area contributed by atoms with Crippen molar-refractivity contribution in [3.8, 4) is 34.7 Å². The van der Waals surface area contributed by atoms with Gasteiger partial charge < -0.3 is 19.1 Å². The lowest BCUT2D eigenvalue weighted by Crippen LogP contribution is -2.32. The fourth-order valence-electron chi connectivity index (χ4n) is 4.52. The van der Waals surface area contributed by atoms with E-state index in [-0.39, 0.29) is 12.1 Å². The van der Waals surface area contributed by atoms with Gasteiger partial charge in [0.05, 0.1) is 18.3 Å². The number of benzene rings is 2. The molecule has 8 heteroatoms. The average Bonchev–Trinajstić information content (AvgIpc) is 3.52. The highest BCUT2D eigenvalue weighted by Gasteiger charge is 2.36. The van der Waals surface area contributed by atoms with Crippen molar-refractivity contribution in [2.75, 3.05) is 13.2 Å². The molecular weight excluding hydrogens is 408 g/mol. The van der Waals surface area contributed by atoms with Crippen molar-refractivity contribution >= 4 is 0 Å². The summed E-state index contributed by atoms with van der Waals surface area (Å²) in [7, 11) is 0. The van der Waals surface area contributed by atoms with Gasteiger partial charge in [0.1, 0.15) is 11.8 Å². The van der Waals surface area contributed by atoms with Gasteiger partial charge in [-0.15, -0.1) is 0 Å². The molecule has 0 bridgehead atoms. The Morgan fingerprint density at radius 1 is 1.28 bits per heavy atom. The predicted octanol–water partition coefficient (Wildman–Crippen LogP) is 3.66. The van der Waals surface area contributed by atoms with E-state index in [4.69, 9.17) is 14.0 Å². The number of rotatable bonds is 5. The molecule has 32 heavy (non-hydrogen) atoms. The van der Waals surface area contributed by atoms with Crippen LogP contribution in [-0.4, -0.2) is 45.8 Å². The van der Waals surface area contributed by atoms with Crippen LogP contribution in [0.15, 0.2) is 40.9 Å². The van der Waals surface area contributed by atoms with Crippen LogP contribution in [0.2, 0.25) is 0 Å². The smallest absolute Gasteiger partial charge is 0.258 e. The second-order valence-electron chi connectivity index (χ2n) is 8.28. The first-order chi connectivity index (χ1) is 15.5. The third-order valence-corrected chi connectivity index (χ3v) is 5.92. The summed E-state index contributed by atoms with van der Waals surface area (Å²) < 4.78 is 16.6. The first-order valence-corrected chi connectivity index (χ1v) is 10.8. The summed E-state index contributed by atoms with van der Waals surface area (Å²) in [6, 6.07) is 13.6. The van der Waals surface area contributed by atoms with E-state index in [1.54, 1.807) is 12.1 Å². The lowest BCUT2D eigenvalue weighted by Gasteiger charge is -2.26. The van der Waals surface area contributed by atoms with Crippen LogP contribution in [0, 0.1) is 11.3 Å². The first-order valence-electron chi connectivity index (χ1n) is 10.8. The van der Waals surface area contributed by atoms with E-state index in [1.807, 2.05) is 36.9 Å². The van der Waals surface area contributed by atoms with E-state index < -0.39 is 6.41 Å². The van der Waals surface area contributed by atoms with Crippen molar-refractivity contribution in [1.29, 1.82) is 5.26 Å². The number of aromatic nitrogens is 2. The number of ether oxygens (including phenoxy) is 2. The van der Waals surface area contributed by atoms with Crippen LogP contribution in [0.25, 0.3) is 22.8 Å². The van der Waals surface area contributed by atoms with Gasteiger partial charge in [0.15, 0.2) is 0 Å². The summed E-state index contributed by atoms with van der Waals surface area (Å²) in [4.78, 5) is 6.60. The maximum atomic E-state index is 10.1. The van der Waals surface area contributed by atoms with E-state index in [2.05, 4.69) is 22.3 Å². The maximum Gasteiger partial charge on any atom is 0.258 e. The summed E-state index contributed by atoms with van der Waals surface area (Å²) >= 11 is 0. The Labute approximate surface area is 186 Å². The highest BCUT2D eigenvalue weighted by Crippen LogP contribution is 2.41. The zero-order valence-electron chi connectivity index (χ0n) is 18.0. The number of hydrogen-bond acceptors (Lipinski definition) is 8. The topological polar surface area (TPSA) is 105 Å². The number of aliphatic hydroxyl groups excluding tert-OH is 1. The molecule has 3 aromatic rings. The largest absolute Gasteiger partial charge is 0.490 e. The molecule has 0 saturated carbocycles. The van der Waals surface area contributed by atoms with Crippen LogP contribution < -0.4 is 4.74 Å². The molecular formula is C24H24N4O4. The van der Waals surface area contributed by atoms with Crippen molar-refractivity contribution in [2.45, 2.75) is 45.2 Å². The molecule has 5 rings (SSSR count). The van der Waals surface area contributed by atoms with Crippen LogP contribution in [0.1, 0.15) is 43.0 Å². The van der Waals surface area contributed by atoms with Gasteiger partial charge in [0.2, 0.25) is 12.2 Å². The zero-order chi connectivity index (χ0) is 22.2. The van der Waals surface area contributed by atoms with Gasteiger partial charge in [-0.2, -0.15) is 10.2 Å². The molecule has 8 nitrogen and oxygen atoms in total. The van der Waals surface area contributed by atoms with Crippen LogP contribution in [-0.2, 0) is 11.2 Å². The van der Waals surface area contributed by atoms with Crippen molar-refractivity contribution in [3.63, 3.8) is 0 Å². The second kappa shape index (κ2) is 8.36. The standard InChI is InChI=1S/C24H24N4O4/c1-14(2)31-21-9-6-15(12-16(21)13-25)23-26-22(27-32-23)19-5-3-4-18-17(19)7-8-20(18)28-10-11-30-24(28)29/h3-6,9,12,14,20,24,29H,7-8,10-11H2,1-2H3/t20-,24?/m1/s1. The van der Waals surface area contributed by atoms with E-state index in [9.17, 15) is 10.4 Å². The first kappa shape index (κ1) is 20.6. The minimum Gasteiger partial charge on any atom is -0.490 e.